The average Bonchev–Trinajstić information content (AvgIpc) is 3.34. The number of fused-ring (bicyclic) bond motifs is 2. The topological polar surface area (TPSA) is 59.5 Å². The van der Waals surface area contributed by atoms with Crippen molar-refractivity contribution in [1.29, 1.82) is 0 Å². The highest BCUT2D eigenvalue weighted by atomic mass is 32.1. The number of halogens is 1. The van der Waals surface area contributed by atoms with Crippen molar-refractivity contribution in [2.45, 2.75) is 52.2 Å². The first-order chi connectivity index (χ1) is 16.3. The molecule has 3 aromatic rings. The lowest BCUT2D eigenvalue weighted by Crippen LogP contribution is -2.41. The normalized spacial score (nSPS) is 26.6. The summed E-state index contributed by atoms with van der Waals surface area (Å²) < 4.78 is 22.3. The Morgan fingerprint density at radius 2 is 1.94 bits per heavy atom. The molecule has 4 atom stereocenters. The average molecular weight is 477 g/mol. The van der Waals surface area contributed by atoms with Crippen molar-refractivity contribution in [1.82, 2.24) is 4.98 Å². The molecule has 1 amide bonds. The molecule has 0 radical (unpaired) electrons. The van der Waals surface area contributed by atoms with Gasteiger partial charge in [0.15, 0.2) is 16.7 Å². The zero-order valence-corrected chi connectivity index (χ0v) is 20.1. The van der Waals surface area contributed by atoms with E-state index in [2.05, 4.69) is 6.92 Å². The fourth-order valence-electron chi connectivity index (χ4n) is 5.73. The molecular formula is C27H25FN2O3S. The van der Waals surface area contributed by atoms with E-state index >= 15 is 4.39 Å². The molecule has 1 aliphatic carbocycles. The number of ether oxygens (including phenoxy) is 1. The van der Waals surface area contributed by atoms with Gasteiger partial charge in [0.1, 0.15) is 18.0 Å². The number of aromatic nitrogens is 1. The molecule has 0 N–H and O–H groups in total. The second-order valence-electron chi connectivity index (χ2n) is 9.81. The number of nitrogens with zero attached hydrogens (tertiary/aromatic N) is 2. The number of hydrogen-bond acceptors (Lipinski definition) is 5. The van der Waals surface area contributed by atoms with Crippen molar-refractivity contribution in [2.75, 3.05) is 4.90 Å². The number of thiazole rings is 1. The van der Waals surface area contributed by atoms with Gasteiger partial charge in [-0.25, -0.2) is 9.37 Å². The fourth-order valence-corrected chi connectivity index (χ4v) is 6.90. The smallest absolute Gasteiger partial charge is 0.296 e. The standard InChI is InChI=1S/C27H25FN2O3S/c1-13-8-9-19-17(11-13)24(31)21-23(16-6-4-5-7-18(16)28)30(26(32)25(21)33-19)27-29-22-15(3)10-14(2)12-20(22)34-27/h4-7,10,12-13,17,19,23H,8-9,11H2,1-3H3. The second-order valence-corrected chi connectivity index (χ2v) is 10.8. The van der Waals surface area contributed by atoms with Crippen LogP contribution in [0.4, 0.5) is 9.52 Å². The van der Waals surface area contributed by atoms with Crippen LogP contribution in [0.1, 0.15) is 48.9 Å². The third-order valence-electron chi connectivity index (χ3n) is 7.33. The largest absolute Gasteiger partial charge is 0.483 e. The predicted octanol–water partition coefficient (Wildman–Crippen LogP) is 5.80. The number of aryl methyl sites for hydroxylation is 2. The summed E-state index contributed by atoms with van der Waals surface area (Å²) >= 11 is 1.38. The quantitative estimate of drug-likeness (QED) is 0.469. The molecule has 2 aliphatic heterocycles. The molecule has 2 aromatic carbocycles. The molecule has 5 nitrogen and oxygen atoms in total. The first-order valence-electron chi connectivity index (χ1n) is 11.7. The molecule has 4 unspecified atom stereocenters. The van der Waals surface area contributed by atoms with Gasteiger partial charge < -0.3 is 4.74 Å². The Labute approximate surface area is 201 Å². The summed E-state index contributed by atoms with van der Waals surface area (Å²) in [6.45, 7) is 6.14. The summed E-state index contributed by atoms with van der Waals surface area (Å²) in [5, 5.41) is 0.448. The van der Waals surface area contributed by atoms with E-state index in [1.165, 1.54) is 22.3 Å². The first-order valence-corrected chi connectivity index (χ1v) is 12.6. The Morgan fingerprint density at radius 3 is 2.74 bits per heavy atom. The van der Waals surface area contributed by atoms with Gasteiger partial charge in [-0.15, -0.1) is 0 Å². The fraction of sp³-hybridized carbons (Fsp3) is 0.370. The van der Waals surface area contributed by atoms with E-state index in [0.717, 1.165) is 40.6 Å². The maximum Gasteiger partial charge on any atom is 0.296 e. The van der Waals surface area contributed by atoms with Gasteiger partial charge in [0.2, 0.25) is 0 Å². The zero-order chi connectivity index (χ0) is 23.7. The molecule has 0 bridgehead atoms. The Balaban J connectivity index is 1.53. The number of ketones is 1. The zero-order valence-electron chi connectivity index (χ0n) is 19.3. The van der Waals surface area contributed by atoms with Gasteiger partial charge in [-0.3, -0.25) is 14.5 Å². The first kappa shape index (κ1) is 21.5. The third-order valence-corrected chi connectivity index (χ3v) is 8.34. The van der Waals surface area contributed by atoms with E-state index in [4.69, 9.17) is 9.72 Å². The van der Waals surface area contributed by atoms with Crippen molar-refractivity contribution >= 4 is 38.4 Å². The van der Waals surface area contributed by atoms with Crippen LogP contribution in [-0.2, 0) is 14.3 Å². The molecule has 7 heteroatoms. The number of benzene rings is 2. The Hall–Kier alpha value is -3.06. The number of rotatable bonds is 2. The molecule has 0 saturated heterocycles. The lowest BCUT2D eigenvalue weighted by atomic mass is 9.74. The van der Waals surface area contributed by atoms with E-state index in [-0.39, 0.29) is 34.7 Å². The molecule has 174 valence electrons. The van der Waals surface area contributed by atoms with E-state index < -0.39 is 17.8 Å². The Bertz CT molecular complexity index is 1390. The minimum Gasteiger partial charge on any atom is -0.483 e. The SMILES string of the molecule is Cc1cc(C)c2nc(N3C(=O)C4=C(C(=O)C5CC(C)CCC5O4)C3c3ccccc3F)sc2c1. The number of carbonyl (C=O) groups excluding carboxylic acids is 2. The van der Waals surface area contributed by atoms with Crippen LogP contribution in [0.5, 0.6) is 0 Å². The van der Waals surface area contributed by atoms with Crippen LogP contribution in [0.25, 0.3) is 10.2 Å². The van der Waals surface area contributed by atoms with E-state index in [1.807, 2.05) is 26.0 Å². The number of anilines is 1. The summed E-state index contributed by atoms with van der Waals surface area (Å²) in [7, 11) is 0. The molecule has 6 rings (SSSR count). The van der Waals surface area contributed by atoms with Crippen LogP contribution in [0, 0.1) is 31.5 Å². The van der Waals surface area contributed by atoms with Gasteiger partial charge in [0, 0.05) is 5.56 Å². The van der Waals surface area contributed by atoms with Crippen molar-refractivity contribution in [2.24, 2.45) is 11.8 Å². The molecule has 1 aromatic heterocycles. The van der Waals surface area contributed by atoms with Gasteiger partial charge in [-0.1, -0.05) is 42.5 Å². The number of Topliss-reactive ketones (excluding diaryl/α,β-unsaturated/α-hetero) is 1. The summed E-state index contributed by atoms with van der Waals surface area (Å²) in [6, 6.07) is 9.53. The molecule has 0 spiro atoms. The van der Waals surface area contributed by atoms with E-state index in [0.29, 0.717) is 11.0 Å². The number of carbonyl (C=O) groups is 2. The van der Waals surface area contributed by atoms with Crippen LogP contribution < -0.4 is 4.90 Å². The minimum atomic E-state index is -0.892. The Morgan fingerprint density at radius 1 is 1.15 bits per heavy atom. The highest BCUT2D eigenvalue weighted by molar-refractivity contribution is 7.22. The maximum absolute atomic E-state index is 15.1. The van der Waals surface area contributed by atoms with Crippen LogP contribution in [0.3, 0.4) is 0 Å². The van der Waals surface area contributed by atoms with Crippen molar-refractivity contribution in [3.8, 4) is 0 Å². The molecular weight excluding hydrogens is 451 g/mol. The third kappa shape index (κ3) is 3.13. The van der Waals surface area contributed by atoms with Gasteiger partial charge in [-0.2, -0.15) is 0 Å². The van der Waals surface area contributed by atoms with Crippen LogP contribution in [0.2, 0.25) is 0 Å². The summed E-state index contributed by atoms with van der Waals surface area (Å²) in [5.41, 5.74) is 3.49. The van der Waals surface area contributed by atoms with Crippen LogP contribution >= 0.6 is 11.3 Å². The number of amides is 1. The highest BCUT2D eigenvalue weighted by Crippen LogP contribution is 2.50. The lowest BCUT2D eigenvalue weighted by molar-refractivity contribution is -0.132. The van der Waals surface area contributed by atoms with Crippen molar-refractivity contribution < 1.29 is 18.7 Å². The van der Waals surface area contributed by atoms with Gasteiger partial charge >= 0.3 is 0 Å². The summed E-state index contributed by atoms with van der Waals surface area (Å²) in [6.07, 6.45) is 2.12. The highest BCUT2D eigenvalue weighted by Gasteiger charge is 2.54. The summed E-state index contributed by atoms with van der Waals surface area (Å²) in [5.74, 6) is -0.784. The molecule has 1 saturated carbocycles. The Kier molecular flexibility index (Phi) is 4.88. The molecule has 3 aliphatic rings. The predicted molar refractivity (Wildman–Crippen MR) is 129 cm³/mol. The van der Waals surface area contributed by atoms with Gasteiger partial charge in [-0.05, 0) is 62.3 Å². The number of hydrogen-bond donors (Lipinski definition) is 0. The van der Waals surface area contributed by atoms with Crippen molar-refractivity contribution in [3.63, 3.8) is 0 Å². The van der Waals surface area contributed by atoms with Gasteiger partial charge in [0.05, 0.1) is 21.7 Å². The second kappa shape index (κ2) is 7.73. The van der Waals surface area contributed by atoms with Crippen LogP contribution in [-0.4, -0.2) is 22.8 Å². The lowest BCUT2D eigenvalue weighted by Gasteiger charge is -2.37. The van der Waals surface area contributed by atoms with Gasteiger partial charge in [0.25, 0.3) is 5.91 Å². The minimum absolute atomic E-state index is 0.0706. The molecule has 34 heavy (non-hydrogen) atoms. The van der Waals surface area contributed by atoms with E-state index in [9.17, 15) is 9.59 Å². The monoisotopic (exact) mass is 476 g/mol. The maximum atomic E-state index is 15.1. The van der Waals surface area contributed by atoms with Crippen LogP contribution in [0.15, 0.2) is 47.7 Å². The van der Waals surface area contributed by atoms with E-state index in [1.54, 1.807) is 18.2 Å². The molecule has 1 fully saturated rings. The summed E-state index contributed by atoms with van der Waals surface area (Å²) in [4.78, 5) is 33.9. The van der Waals surface area contributed by atoms with Crippen molar-refractivity contribution in [3.05, 3.63) is 70.2 Å². The molecule has 3 heterocycles.